The van der Waals surface area contributed by atoms with Crippen molar-refractivity contribution in [1.82, 2.24) is 0 Å². The monoisotopic (exact) mass is 378 g/mol. The highest BCUT2D eigenvalue weighted by Gasteiger charge is 2.13. The largest absolute Gasteiger partial charge is 0.457 e. The van der Waals surface area contributed by atoms with Gasteiger partial charge in [-0.2, -0.15) is 0 Å². The molecule has 0 aliphatic carbocycles. The second-order valence-electron chi connectivity index (χ2n) is 4.49. The van der Waals surface area contributed by atoms with Crippen LogP contribution in [0, 0.1) is 0 Å². The first kappa shape index (κ1) is 14.6. The quantitative estimate of drug-likeness (QED) is 0.462. The average molecular weight is 380 g/mol. The lowest BCUT2D eigenvalue weighted by Gasteiger charge is -2.10. The second kappa shape index (κ2) is 6.65. The molecule has 3 rings (SSSR count). The fourth-order valence-electron chi connectivity index (χ4n) is 1.96. The van der Waals surface area contributed by atoms with Gasteiger partial charge in [-0.25, -0.2) is 0 Å². The number of ether oxygens (including phenoxy) is 1. The van der Waals surface area contributed by atoms with Crippen LogP contribution in [0.25, 0.3) is 0 Å². The third-order valence-electron chi connectivity index (χ3n) is 3.00. The van der Waals surface area contributed by atoms with Crippen LogP contribution in [0.15, 0.2) is 70.5 Å². The number of hydrogen-bond acceptors (Lipinski definition) is 2. The Labute approximate surface area is 141 Å². The minimum Gasteiger partial charge on any atom is -0.457 e. The second-order valence-corrected chi connectivity index (χ2v) is 7.42. The van der Waals surface area contributed by atoms with Gasteiger partial charge in [-0.15, -0.1) is 22.9 Å². The van der Waals surface area contributed by atoms with E-state index in [1.54, 1.807) is 11.3 Å². The van der Waals surface area contributed by atoms with Gasteiger partial charge in [-0.05, 0) is 57.9 Å². The van der Waals surface area contributed by atoms with Crippen LogP contribution < -0.4 is 4.74 Å². The summed E-state index contributed by atoms with van der Waals surface area (Å²) in [6, 6.07) is 21.7. The maximum atomic E-state index is 6.51. The van der Waals surface area contributed by atoms with E-state index in [1.807, 2.05) is 66.7 Å². The highest BCUT2D eigenvalue weighted by Crippen LogP contribution is 2.36. The van der Waals surface area contributed by atoms with Crippen LogP contribution in [0.2, 0.25) is 0 Å². The molecule has 0 radical (unpaired) electrons. The summed E-state index contributed by atoms with van der Waals surface area (Å²) in [5, 5.41) is -0.132. The van der Waals surface area contributed by atoms with E-state index < -0.39 is 0 Å². The van der Waals surface area contributed by atoms with Gasteiger partial charge in [0.25, 0.3) is 0 Å². The number of thiophene rings is 1. The van der Waals surface area contributed by atoms with E-state index in [2.05, 4.69) is 15.9 Å². The van der Waals surface area contributed by atoms with E-state index >= 15 is 0 Å². The molecule has 0 saturated heterocycles. The van der Waals surface area contributed by atoms with Crippen LogP contribution in [0.5, 0.6) is 11.5 Å². The predicted molar refractivity (Wildman–Crippen MR) is 92.7 cm³/mol. The highest BCUT2D eigenvalue weighted by molar-refractivity contribution is 9.11. The molecule has 1 atom stereocenters. The van der Waals surface area contributed by atoms with E-state index in [9.17, 15) is 0 Å². The van der Waals surface area contributed by atoms with Crippen molar-refractivity contribution in [2.24, 2.45) is 0 Å². The van der Waals surface area contributed by atoms with Gasteiger partial charge in [0.05, 0.1) is 9.16 Å². The first-order valence-corrected chi connectivity index (χ1v) is 8.49. The highest BCUT2D eigenvalue weighted by atomic mass is 79.9. The molecule has 106 valence electrons. The van der Waals surface area contributed by atoms with Crippen molar-refractivity contribution >= 4 is 38.9 Å². The van der Waals surface area contributed by atoms with Gasteiger partial charge < -0.3 is 4.74 Å². The molecule has 0 spiro atoms. The molecular weight excluding hydrogens is 368 g/mol. The van der Waals surface area contributed by atoms with E-state index in [0.717, 1.165) is 25.7 Å². The van der Waals surface area contributed by atoms with Gasteiger partial charge in [0.1, 0.15) is 11.5 Å². The summed E-state index contributed by atoms with van der Waals surface area (Å²) in [4.78, 5) is 1.13. The molecule has 3 aromatic rings. The van der Waals surface area contributed by atoms with E-state index in [-0.39, 0.29) is 5.38 Å². The number of benzene rings is 2. The maximum Gasteiger partial charge on any atom is 0.127 e. The molecule has 0 amide bonds. The van der Waals surface area contributed by atoms with Gasteiger partial charge in [0.2, 0.25) is 0 Å². The molecule has 1 aromatic heterocycles. The van der Waals surface area contributed by atoms with Crippen molar-refractivity contribution in [3.05, 3.63) is 81.0 Å². The SMILES string of the molecule is ClC(c1ccc(Oc2ccccc2)cc1)c1ccc(Br)s1. The summed E-state index contributed by atoms with van der Waals surface area (Å²) in [6.45, 7) is 0. The number of rotatable bonds is 4. The Balaban J connectivity index is 1.75. The standard InChI is InChI=1S/C17H12BrClOS/c18-16-11-10-15(21-16)17(19)12-6-8-14(9-7-12)20-13-4-2-1-3-5-13/h1-11,17H. The van der Waals surface area contributed by atoms with Crippen LogP contribution in [0.1, 0.15) is 15.8 Å². The van der Waals surface area contributed by atoms with Crippen molar-refractivity contribution in [1.29, 1.82) is 0 Å². The van der Waals surface area contributed by atoms with Crippen LogP contribution >= 0.6 is 38.9 Å². The summed E-state index contributed by atoms with van der Waals surface area (Å²) in [7, 11) is 0. The molecule has 1 nitrogen and oxygen atoms in total. The number of para-hydroxylation sites is 1. The number of hydrogen-bond donors (Lipinski definition) is 0. The Morgan fingerprint density at radius 3 is 2.14 bits per heavy atom. The molecule has 0 aliphatic rings. The Kier molecular flexibility index (Phi) is 4.63. The molecule has 0 saturated carbocycles. The normalized spacial score (nSPS) is 12.1. The summed E-state index contributed by atoms with van der Waals surface area (Å²) in [5.41, 5.74) is 1.06. The third kappa shape index (κ3) is 3.67. The zero-order chi connectivity index (χ0) is 14.7. The Morgan fingerprint density at radius 2 is 1.52 bits per heavy atom. The molecule has 1 unspecified atom stereocenters. The van der Waals surface area contributed by atoms with Gasteiger partial charge >= 0.3 is 0 Å². The first-order valence-electron chi connectivity index (χ1n) is 6.44. The Morgan fingerprint density at radius 1 is 0.857 bits per heavy atom. The van der Waals surface area contributed by atoms with Gasteiger partial charge in [-0.3, -0.25) is 0 Å². The van der Waals surface area contributed by atoms with Crippen molar-refractivity contribution < 1.29 is 4.74 Å². The van der Waals surface area contributed by atoms with Crippen LogP contribution in [-0.2, 0) is 0 Å². The summed E-state index contributed by atoms with van der Waals surface area (Å²) >= 11 is 11.6. The van der Waals surface area contributed by atoms with E-state index in [0.29, 0.717) is 0 Å². The van der Waals surface area contributed by atoms with Crippen molar-refractivity contribution in [2.75, 3.05) is 0 Å². The van der Waals surface area contributed by atoms with Gasteiger partial charge in [-0.1, -0.05) is 30.3 Å². The van der Waals surface area contributed by atoms with Gasteiger partial charge in [0.15, 0.2) is 0 Å². The van der Waals surface area contributed by atoms with Crippen LogP contribution in [0.3, 0.4) is 0 Å². The molecule has 0 aliphatic heterocycles. The lowest BCUT2D eigenvalue weighted by Crippen LogP contribution is -1.90. The molecule has 4 heteroatoms. The summed E-state index contributed by atoms with van der Waals surface area (Å²) < 4.78 is 6.86. The predicted octanol–water partition coefficient (Wildman–Crippen LogP) is 6.63. The Hall–Kier alpha value is -1.29. The molecule has 0 bridgehead atoms. The smallest absolute Gasteiger partial charge is 0.127 e. The lowest BCUT2D eigenvalue weighted by molar-refractivity contribution is 0.482. The lowest BCUT2D eigenvalue weighted by atomic mass is 10.1. The topological polar surface area (TPSA) is 9.23 Å². The molecule has 0 fully saturated rings. The van der Waals surface area contributed by atoms with E-state index in [1.165, 1.54) is 0 Å². The molecule has 0 N–H and O–H groups in total. The molecule has 1 heterocycles. The maximum absolute atomic E-state index is 6.51. The fraction of sp³-hybridized carbons (Fsp3) is 0.0588. The Bertz CT molecular complexity index is 709. The minimum atomic E-state index is -0.132. The summed E-state index contributed by atoms with van der Waals surface area (Å²) in [6.07, 6.45) is 0. The number of alkyl halides is 1. The first-order chi connectivity index (χ1) is 10.2. The average Bonchev–Trinajstić information content (AvgIpc) is 2.95. The fourth-order valence-corrected chi connectivity index (χ4v) is 3.74. The van der Waals surface area contributed by atoms with Crippen molar-refractivity contribution in [3.8, 4) is 11.5 Å². The zero-order valence-electron chi connectivity index (χ0n) is 11.0. The minimum absolute atomic E-state index is 0.132. The molecule has 21 heavy (non-hydrogen) atoms. The summed E-state index contributed by atoms with van der Waals surface area (Å²) in [5.74, 6) is 1.64. The van der Waals surface area contributed by atoms with Crippen LogP contribution in [-0.4, -0.2) is 0 Å². The molecule has 2 aromatic carbocycles. The third-order valence-corrected chi connectivity index (χ3v) is 5.30. The van der Waals surface area contributed by atoms with E-state index in [4.69, 9.17) is 16.3 Å². The molecular formula is C17H12BrClOS. The number of halogens is 2. The van der Waals surface area contributed by atoms with Crippen molar-refractivity contribution in [2.45, 2.75) is 5.38 Å². The van der Waals surface area contributed by atoms with Crippen LogP contribution in [0.4, 0.5) is 0 Å². The zero-order valence-corrected chi connectivity index (χ0v) is 14.2. The van der Waals surface area contributed by atoms with Crippen molar-refractivity contribution in [3.63, 3.8) is 0 Å². The van der Waals surface area contributed by atoms with Gasteiger partial charge in [0, 0.05) is 4.88 Å².